The number of fused-ring (bicyclic) bond motifs is 1. The second-order valence-corrected chi connectivity index (χ2v) is 10.9. The van der Waals surface area contributed by atoms with Gasteiger partial charge in [0.2, 0.25) is 5.88 Å². The monoisotopic (exact) mass is 644 g/mol. The predicted octanol–water partition coefficient (Wildman–Crippen LogP) is 3.45. The molecule has 2 amide bonds. The number of amides is 2. The van der Waals surface area contributed by atoms with Crippen LogP contribution in [-0.2, 0) is 11.3 Å². The van der Waals surface area contributed by atoms with Crippen LogP contribution in [0.3, 0.4) is 0 Å². The zero-order valence-electron chi connectivity index (χ0n) is 24.0. The molecule has 3 aromatic heterocycles. The third-order valence-corrected chi connectivity index (χ3v) is 7.66. The first-order valence-electron chi connectivity index (χ1n) is 13.9. The highest BCUT2D eigenvalue weighted by molar-refractivity contribution is 5.98. The minimum absolute atomic E-state index is 0.0785. The van der Waals surface area contributed by atoms with Gasteiger partial charge in [0, 0.05) is 50.8 Å². The van der Waals surface area contributed by atoms with Crippen molar-refractivity contribution in [2.24, 2.45) is 0 Å². The molecule has 0 aliphatic carbocycles. The Hall–Kier alpha value is -4.35. The van der Waals surface area contributed by atoms with E-state index in [9.17, 15) is 35.9 Å². The van der Waals surface area contributed by atoms with Gasteiger partial charge in [-0.3, -0.25) is 9.69 Å². The average Bonchev–Trinajstić information content (AvgIpc) is 3.54. The number of ether oxygens (including phenoxy) is 2. The highest BCUT2D eigenvalue weighted by Crippen LogP contribution is 2.33. The molecule has 244 valence electrons. The lowest BCUT2D eigenvalue weighted by molar-refractivity contribution is -0.141. The number of nitrogens with two attached hydrogens (primary N) is 1. The van der Waals surface area contributed by atoms with Gasteiger partial charge in [0.05, 0.1) is 31.8 Å². The van der Waals surface area contributed by atoms with E-state index in [1.807, 2.05) is 4.90 Å². The van der Waals surface area contributed by atoms with Crippen LogP contribution in [0.1, 0.15) is 35.2 Å². The Labute approximate surface area is 252 Å². The predicted molar refractivity (Wildman–Crippen MR) is 146 cm³/mol. The van der Waals surface area contributed by atoms with Gasteiger partial charge >= 0.3 is 12.3 Å². The fourth-order valence-corrected chi connectivity index (χ4v) is 5.31. The Bertz CT molecular complexity index is 1560. The van der Waals surface area contributed by atoms with Crippen molar-refractivity contribution in [3.63, 3.8) is 0 Å². The van der Waals surface area contributed by atoms with E-state index in [2.05, 4.69) is 25.1 Å². The van der Waals surface area contributed by atoms with E-state index in [1.165, 1.54) is 30.2 Å². The number of methoxy groups -OCH3 is 1. The zero-order chi connectivity index (χ0) is 32.5. The largest absolute Gasteiger partial charge is 0.480 e. The summed E-state index contributed by atoms with van der Waals surface area (Å²) < 4.78 is 90.6. The van der Waals surface area contributed by atoms with Crippen LogP contribution in [0, 0.1) is 0 Å². The number of aromatic nitrogens is 4. The SMILES string of the molecule is COc1ncc(-c2cc(CN3CCC(F)(F)CC3)c3c(N)ncnn23)cc1C(=O)N[C@@H]1CN(C(=O)OCCC(F)(F)F)C[C@@H]1F. The molecule has 18 heteroatoms. The Morgan fingerprint density at radius 2 is 1.89 bits per heavy atom. The maximum atomic E-state index is 14.8. The number of hydrogen-bond acceptors (Lipinski definition) is 9. The summed E-state index contributed by atoms with van der Waals surface area (Å²) in [5.74, 6) is -3.43. The number of nitrogens with zero attached hydrogens (tertiary/aromatic N) is 6. The fourth-order valence-electron chi connectivity index (χ4n) is 5.31. The number of pyridine rings is 1. The van der Waals surface area contributed by atoms with Crippen molar-refractivity contribution in [2.45, 2.75) is 50.1 Å². The zero-order valence-corrected chi connectivity index (χ0v) is 24.0. The van der Waals surface area contributed by atoms with Crippen LogP contribution in [0.25, 0.3) is 16.8 Å². The van der Waals surface area contributed by atoms with Gasteiger partial charge in [-0.05, 0) is 17.7 Å². The van der Waals surface area contributed by atoms with Crippen LogP contribution in [0.5, 0.6) is 5.88 Å². The normalized spacial score (nSPS) is 20.4. The summed E-state index contributed by atoms with van der Waals surface area (Å²) in [5.41, 5.74) is 8.07. The molecule has 0 aromatic carbocycles. The summed E-state index contributed by atoms with van der Waals surface area (Å²) in [6, 6.07) is 2.00. The molecule has 5 heterocycles. The number of hydrogen-bond donors (Lipinski definition) is 2. The molecule has 3 N–H and O–H groups in total. The maximum Gasteiger partial charge on any atom is 0.409 e. The quantitative estimate of drug-likeness (QED) is 0.353. The smallest absolute Gasteiger partial charge is 0.409 e. The second-order valence-electron chi connectivity index (χ2n) is 10.9. The first-order chi connectivity index (χ1) is 21.2. The van der Waals surface area contributed by atoms with E-state index >= 15 is 0 Å². The van der Waals surface area contributed by atoms with Gasteiger partial charge in [0.15, 0.2) is 5.82 Å². The summed E-state index contributed by atoms with van der Waals surface area (Å²) in [6.07, 6.45) is -6.59. The Balaban J connectivity index is 1.35. The molecule has 2 fully saturated rings. The summed E-state index contributed by atoms with van der Waals surface area (Å²) in [7, 11) is 1.28. The number of anilines is 1. The minimum atomic E-state index is -4.52. The Morgan fingerprint density at radius 1 is 1.16 bits per heavy atom. The highest BCUT2D eigenvalue weighted by Gasteiger charge is 2.38. The third-order valence-electron chi connectivity index (χ3n) is 7.66. The number of halogens is 6. The molecular formula is C27H30F6N8O4. The van der Waals surface area contributed by atoms with Gasteiger partial charge in [0.1, 0.15) is 30.2 Å². The standard InChI is InChI=1S/C27H30F6N8O4/c1-44-24-17(23(42)38-19-13-40(12-18(19)28)25(43)45-7-4-27(31,32)33)8-15(10-35-24)20-9-16(21-22(34)36-14-37-41(20)21)11-39-5-2-26(29,30)3-6-39/h8-10,14,18-19H,2-7,11-13H2,1H3,(H,38,42)(H2,34,36,37)/t18-,19+/m0/s1. The van der Waals surface area contributed by atoms with Gasteiger partial charge < -0.3 is 25.4 Å². The number of carbonyl (C=O) groups is 2. The van der Waals surface area contributed by atoms with Gasteiger partial charge in [-0.25, -0.2) is 32.4 Å². The molecule has 0 unspecified atom stereocenters. The van der Waals surface area contributed by atoms with Crippen molar-refractivity contribution in [3.8, 4) is 17.1 Å². The van der Waals surface area contributed by atoms with E-state index in [-0.39, 0.29) is 49.7 Å². The molecule has 0 saturated carbocycles. The maximum absolute atomic E-state index is 14.8. The molecule has 5 rings (SSSR count). The van der Waals surface area contributed by atoms with E-state index in [0.29, 0.717) is 28.9 Å². The molecule has 2 aliphatic rings. The van der Waals surface area contributed by atoms with Crippen molar-refractivity contribution >= 4 is 23.3 Å². The van der Waals surface area contributed by atoms with E-state index in [0.717, 1.165) is 4.90 Å². The van der Waals surface area contributed by atoms with Crippen molar-refractivity contribution in [1.82, 2.24) is 34.7 Å². The number of nitrogen functional groups attached to an aromatic ring is 1. The Kier molecular flexibility index (Phi) is 8.95. The molecular weight excluding hydrogens is 614 g/mol. The number of nitrogens with one attached hydrogen (secondary N) is 1. The lowest BCUT2D eigenvalue weighted by Gasteiger charge is -2.31. The minimum Gasteiger partial charge on any atom is -0.480 e. The molecule has 0 radical (unpaired) electrons. The van der Waals surface area contributed by atoms with Crippen molar-refractivity contribution in [3.05, 3.63) is 35.8 Å². The molecule has 0 spiro atoms. The second kappa shape index (κ2) is 12.6. The highest BCUT2D eigenvalue weighted by atomic mass is 19.4. The lowest BCUT2D eigenvalue weighted by Crippen LogP contribution is -2.42. The fraction of sp³-hybridized carbons (Fsp3) is 0.519. The summed E-state index contributed by atoms with van der Waals surface area (Å²) in [5, 5.41) is 6.78. The van der Waals surface area contributed by atoms with Crippen LogP contribution in [0.2, 0.25) is 0 Å². The van der Waals surface area contributed by atoms with Crippen molar-refractivity contribution in [2.75, 3.05) is 45.6 Å². The molecule has 3 aromatic rings. The number of carbonyl (C=O) groups excluding carboxylic acids is 2. The molecule has 0 bridgehead atoms. The molecule has 2 atom stereocenters. The van der Waals surface area contributed by atoms with E-state index in [1.54, 1.807) is 6.07 Å². The number of likely N-dealkylation sites (tertiary alicyclic amines) is 2. The van der Waals surface area contributed by atoms with Crippen LogP contribution in [0.15, 0.2) is 24.7 Å². The third kappa shape index (κ3) is 7.32. The topological polar surface area (TPSA) is 140 Å². The number of alkyl halides is 6. The summed E-state index contributed by atoms with van der Waals surface area (Å²) in [4.78, 5) is 36.5. The first kappa shape index (κ1) is 32.1. The molecule has 12 nitrogen and oxygen atoms in total. The lowest BCUT2D eigenvalue weighted by atomic mass is 10.1. The molecule has 2 saturated heterocycles. The summed E-state index contributed by atoms with van der Waals surface area (Å²) >= 11 is 0. The van der Waals surface area contributed by atoms with Crippen LogP contribution < -0.4 is 15.8 Å². The van der Waals surface area contributed by atoms with Crippen LogP contribution in [0.4, 0.5) is 37.0 Å². The molecule has 45 heavy (non-hydrogen) atoms. The first-order valence-corrected chi connectivity index (χ1v) is 13.9. The van der Waals surface area contributed by atoms with Gasteiger partial charge in [-0.15, -0.1) is 0 Å². The van der Waals surface area contributed by atoms with Gasteiger partial charge in [-0.1, -0.05) is 0 Å². The van der Waals surface area contributed by atoms with Gasteiger partial charge in [0.25, 0.3) is 11.8 Å². The summed E-state index contributed by atoms with van der Waals surface area (Å²) in [6.45, 7) is -1.08. The molecule has 2 aliphatic heterocycles. The number of piperidine rings is 1. The number of rotatable bonds is 8. The Morgan fingerprint density at radius 3 is 2.58 bits per heavy atom. The van der Waals surface area contributed by atoms with Crippen LogP contribution in [-0.4, -0.2) is 106 Å². The van der Waals surface area contributed by atoms with Gasteiger partial charge in [-0.2, -0.15) is 18.3 Å². The van der Waals surface area contributed by atoms with E-state index in [4.69, 9.17) is 10.5 Å². The van der Waals surface area contributed by atoms with Crippen molar-refractivity contribution < 1.29 is 45.4 Å². The van der Waals surface area contributed by atoms with Crippen LogP contribution >= 0.6 is 0 Å². The van der Waals surface area contributed by atoms with Crippen molar-refractivity contribution in [1.29, 1.82) is 0 Å². The average molecular weight is 645 g/mol. The van der Waals surface area contributed by atoms with E-state index < -0.39 is 55.9 Å².